The van der Waals surface area contributed by atoms with Crippen LogP contribution in [0.5, 0.6) is 0 Å². The van der Waals surface area contributed by atoms with Gasteiger partial charge in [0.1, 0.15) is 12.4 Å². The van der Waals surface area contributed by atoms with E-state index >= 15 is 0 Å². The van der Waals surface area contributed by atoms with Crippen molar-refractivity contribution in [2.24, 2.45) is 0 Å². The molecule has 0 radical (unpaired) electrons. The molecule has 1 N–H and O–H groups in total. The van der Waals surface area contributed by atoms with E-state index in [1.54, 1.807) is 12.1 Å². The fraction of sp³-hybridized carbons (Fsp3) is 0.300. The zero-order valence-electron chi connectivity index (χ0n) is 21.2. The third-order valence-corrected chi connectivity index (χ3v) is 6.64. The average Bonchev–Trinajstić information content (AvgIpc) is 3.25. The van der Waals surface area contributed by atoms with Crippen molar-refractivity contribution in [1.29, 1.82) is 0 Å². The van der Waals surface area contributed by atoms with Gasteiger partial charge < -0.3 is 14.8 Å². The number of para-hydroxylation sites is 3. The predicted octanol–water partition coefficient (Wildman–Crippen LogP) is 5.81. The van der Waals surface area contributed by atoms with Gasteiger partial charge in [0.15, 0.2) is 0 Å². The minimum atomic E-state index is 0.0153. The average molecular weight is 517 g/mol. The molecule has 0 saturated heterocycles. The lowest BCUT2D eigenvalue weighted by Gasteiger charge is -2.22. The molecule has 192 valence electrons. The topological polar surface area (TPSA) is 67.2 Å². The molecule has 0 atom stereocenters. The van der Waals surface area contributed by atoms with Crippen LogP contribution in [-0.4, -0.2) is 34.5 Å². The van der Waals surface area contributed by atoms with Gasteiger partial charge in [-0.2, -0.15) is 0 Å². The zero-order valence-corrected chi connectivity index (χ0v) is 22.0. The molecular formula is C30H33ClN4O2. The SMILES string of the molecule is CCN(C(=O)Cn1c(CCCCCNC(=O)Cc2ccc(Cl)cc2)nc2ccccc21)c1ccccc1. The Bertz CT molecular complexity index is 1320. The second-order valence-corrected chi connectivity index (χ2v) is 9.48. The van der Waals surface area contributed by atoms with Crippen LogP contribution in [0.3, 0.4) is 0 Å². The van der Waals surface area contributed by atoms with Crippen molar-refractivity contribution in [2.45, 2.75) is 45.6 Å². The largest absolute Gasteiger partial charge is 0.356 e. The number of hydrogen-bond donors (Lipinski definition) is 1. The first-order valence-electron chi connectivity index (χ1n) is 12.9. The molecule has 0 aliphatic heterocycles. The lowest BCUT2D eigenvalue weighted by atomic mass is 10.1. The third kappa shape index (κ3) is 7.20. The number of benzene rings is 3. The molecule has 0 aliphatic rings. The van der Waals surface area contributed by atoms with E-state index in [-0.39, 0.29) is 18.4 Å². The minimum absolute atomic E-state index is 0.0153. The van der Waals surface area contributed by atoms with Gasteiger partial charge in [0, 0.05) is 30.2 Å². The van der Waals surface area contributed by atoms with Gasteiger partial charge in [0.25, 0.3) is 0 Å². The van der Waals surface area contributed by atoms with Crippen LogP contribution >= 0.6 is 11.6 Å². The number of carbonyl (C=O) groups excluding carboxylic acids is 2. The summed E-state index contributed by atoms with van der Waals surface area (Å²) >= 11 is 5.90. The van der Waals surface area contributed by atoms with Crippen molar-refractivity contribution < 1.29 is 9.59 Å². The number of amides is 2. The highest BCUT2D eigenvalue weighted by molar-refractivity contribution is 6.30. The van der Waals surface area contributed by atoms with Crippen LogP contribution in [-0.2, 0) is 29.0 Å². The summed E-state index contributed by atoms with van der Waals surface area (Å²) in [7, 11) is 0. The Hall–Kier alpha value is -3.64. The predicted molar refractivity (Wildman–Crippen MR) is 150 cm³/mol. The number of rotatable bonds is 12. The summed E-state index contributed by atoms with van der Waals surface area (Å²) in [6.45, 7) is 3.49. The highest BCUT2D eigenvalue weighted by Gasteiger charge is 2.18. The minimum Gasteiger partial charge on any atom is -0.356 e. The quantitative estimate of drug-likeness (QED) is 0.241. The molecule has 4 aromatic rings. The van der Waals surface area contributed by atoms with Gasteiger partial charge in [-0.25, -0.2) is 4.98 Å². The number of fused-ring (bicyclic) bond motifs is 1. The molecule has 7 heteroatoms. The number of nitrogens with zero attached hydrogens (tertiary/aromatic N) is 3. The molecule has 0 fully saturated rings. The number of anilines is 1. The van der Waals surface area contributed by atoms with Crippen LogP contribution in [0, 0.1) is 0 Å². The maximum atomic E-state index is 13.3. The molecule has 4 rings (SSSR count). The van der Waals surface area contributed by atoms with Gasteiger partial charge in [0.05, 0.1) is 17.5 Å². The Balaban J connectivity index is 1.31. The summed E-state index contributed by atoms with van der Waals surface area (Å²) in [4.78, 5) is 32.1. The number of hydrogen-bond acceptors (Lipinski definition) is 3. The Kier molecular flexibility index (Phi) is 9.33. The molecule has 0 saturated carbocycles. The Morgan fingerprint density at radius 1 is 0.919 bits per heavy atom. The molecule has 6 nitrogen and oxygen atoms in total. The van der Waals surface area contributed by atoms with E-state index in [0.29, 0.717) is 24.5 Å². The summed E-state index contributed by atoms with van der Waals surface area (Å²) in [5.74, 6) is 0.980. The van der Waals surface area contributed by atoms with Crippen molar-refractivity contribution in [1.82, 2.24) is 14.9 Å². The van der Waals surface area contributed by atoms with Crippen LogP contribution in [0.1, 0.15) is 37.6 Å². The molecule has 1 heterocycles. The smallest absolute Gasteiger partial charge is 0.246 e. The summed E-state index contributed by atoms with van der Waals surface area (Å²) in [6.07, 6.45) is 3.92. The van der Waals surface area contributed by atoms with Crippen molar-refractivity contribution in [3.8, 4) is 0 Å². The number of aromatic nitrogens is 2. The highest BCUT2D eigenvalue weighted by Crippen LogP contribution is 2.20. The summed E-state index contributed by atoms with van der Waals surface area (Å²) in [5.41, 5.74) is 3.73. The third-order valence-electron chi connectivity index (χ3n) is 6.39. The lowest BCUT2D eigenvalue weighted by Crippen LogP contribution is -2.34. The van der Waals surface area contributed by atoms with Crippen molar-refractivity contribution >= 4 is 40.1 Å². The van der Waals surface area contributed by atoms with Crippen LogP contribution in [0.2, 0.25) is 5.02 Å². The van der Waals surface area contributed by atoms with Crippen LogP contribution in [0.4, 0.5) is 5.69 Å². The lowest BCUT2D eigenvalue weighted by molar-refractivity contribution is -0.120. The zero-order chi connectivity index (χ0) is 26.0. The van der Waals surface area contributed by atoms with E-state index in [2.05, 4.69) is 9.88 Å². The first kappa shape index (κ1) is 26.4. The van der Waals surface area contributed by atoms with Gasteiger partial charge in [-0.05, 0) is 61.7 Å². The van der Waals surface area contributed by atoms with Crippen LogP contribution in [0.15, 0.2) is 78.9 Å². The maximum absolute atomic E-state index is 13.3. The van der Waals surface area contributed by atoms with E-state index in [1.165, 1.54) is 0 Å². The van der Waals surface area contributed by atoms with E-state index in [0.717, 1.165) is 53.8 Å². The second kappa shape index (κ2) is 13.1. The molecular weight excluding hydrogens is 484 g/mol. The normalized spacial score (nSPS) is 11.0. The number of likely N-dealkylation sites (N-methyl/N-ethyl adjacent to an activating group) is 1. The van der Waals surface area contributed by atoms with Gasteiger partial charge >= 0.3 is 0 Å². The van der Waals surface area contributed by atoms with Gasteiger partial charge in [0.2, 0.25) is 11.8 Å². The van der Waals surface area contributed by atoms with E-state index in [9.17, 15) is 9.59 Å². The standard InChI is InChI=1S/C30H33ClN4O2/c1-2-34(25-11-5-3-6-12-25)30(37)22-35-27-14-9-8-13-26(27)33-28(35)15-7-4-10-20-32-29(36)21-23-16-18-24(31)19-17-23/h3,5-6,8-9,11-14,16-19H,2,4,7,10,15,20-22H2,1H3,(H,32,36). The van der Waals surface area contributed by atoms with E-state index < -0.39 is 0 Å². The summed E-state index contributed by atoms with van der Waals surface area (Å²) < 4.78 is 2.05. The Morgan fingerprint density at radius 2 is 1.65 bits per heavy atom. The molecule has 1 aromatic heterocycles. The molecule has 37 heavy (non-hydrogen) atoms. The van der Waals surface area contributed by atoms with Crippen molar-refractivity contribution in [3.05, 3.63) is 95.3 Å². The molecule has 0 spiro atoms. The Morgan fingerprint density at radius 3 is 2.41 bits per heavy atom. The van der Waals surface area contributed by atoms with Gasteiger partial charge in [-0.3, -0.25) is 9.59 Å². The van der Waals surface area contributed by atoms with Gasteiger partial charge in [-0.15, -0.1) is 0 Å². The fourth-order valence-corrected chi connectivity index (χ4v) is 4.61. The van der Waals surface area contributed by atoms with Crippen molar-refractivity contribution in [2.75, 3.05) is 18.0 Å². The number of nitrogens with one attached hydrogen (secondary N) is 1. The maximum Gasteiger partial charge on any atom is 0.246 e. The van der Waals surface area contributed by atoms with Crippen molar-refractivity contribution in [3.63, 3.8) is 0 Å². The Labute approximate surface area is 223 Å². The number of imidazole rings is 1. The van der Waals surface area contributed by atoms with Gasteiger partial charge in [-0.1, -0.05) is 60.5 Å². The number of halogens is 1. The molecule has 3 aromatic carbocycles. The molecule has 0 bridgehead atoms. The number of aryl methyl sites for hydroxylation is 1. The monoisotopic (exact) mass is 516 g/mol. The molecule has 2 amide bonds. The second-order valence-electron chi connectivity index (χ2n) is 9.04. The van der Waals surface area contributed by atoms with E-state index in [1.807, 2.05) is 78.6 Å². The summed E-state index contributed by atoms with van der Waals surface area (Å²) in [5, 5.41) is 3.66. The van der Waals surface area contributed by atoms with Crippen LogP contribution < -0.4 is 10.2 Å². The summed E-state index contributed by atoms with van der Waals surface area (Å²) in [6, 6.07) is 25.1. The number of carbonyl (C=O) groups is 2. The fourth-order valence-electron chi connectivity index (χ4n) is 4.49. The first-order valence-corrected chi connectivity index (χ1v) is 13.2. The first-order chi connectivity index (χ1) is 18.0. The molecule has 0 unspecified atom stereocenters. The molecule has 0 aliphatic carbocycles. The van der Waals surface area contributed by atoms with E-state index in [4.69, 9.17) is 16.6 Å². The number of unbranched alkanes of at least 4 members (excludes halogenated alkanes) is 2. The van der Waals surface area contributed by atoms with Crippen LogP contribution in [0.25, 0.3) is 11.0 Å². The highest BCUT2D eigenvalue weighted by atomic mass is 35.5.